The minimum Gasteiger partial charge on any atom is -0.619 e. The summed E-state index contributed by atoms with van der Waals surface area (Å²) in [6.07, 6.45) is 2.01. The van der Waals surface area contributed by atoms with Gasteiger partial charge in [0.05, 0.1) is 32.0 Å². The van der Waals surface area contributed by atoms with Gasteiger partial charge in [0.1, 0.15) is 33.9 Å². The van der Waals surface area contributed by atoms with Crippen LogP contribution < -0.4 is 19.1 Å². The molecule has 0 radical (unpaired) electrons. The molecule has 4 heterocycles. The number of piperidine rings is 3. The minimum absolute atomic E-state index is 0.00245. The van der Waals surface area contributed by atoms with Crippen LogP contribution >= 0.6 is 23.2 Å². The Labute approximate surface area is 303 Å². The van der Waals surface area contributed by atoms with E-state index in [0.717, 1.165) is 49.3 Å². The van der Waals surface area contributed by atoms with Gasteiger partial charge in [0.25, 0.3) is 0 Å². The van der Waals surface area contributed by atoms with Gasteiger partial charge in [-0.15, -0.1) is 0 Å². The highest BCUT2D eigenvalue weighted by molar-refractivity contribution is 6.35. The molecule has 268 valence electrons. The van der Waals surface area contributed by atoms with Gasteiger partial charge in [0, 0.05) is 24.6 Å². The maximum atomic E-state index is 15.1. The van der Waals surface area contributed by atoms with E-state index < -0.39 is 29.8 Å². The second-order valence-corrected chi connectivity index (χ2v) is 13.3. The van der Waals surface area contributed by atoms with Crippen molar-refractivity contribution in [1.29, 1.82) is 0 Å². The molecule has 3 aliphatic rings. The van der Waals surface area contributed by atoms with E-state index in [1.807, 2.05) is 0 Å². The largest absolute Gasteiger partial charge is 0.619 e. The molecule has 1 aromatic heterocycles. The fourth-order valence-electron chi connectivity index (χ4n) is 6.55. The molecule has 1 amide bonds. The SMILES string of the molecule is COc1ccc([C@H](Cc2c(Cl)c[n+]([O-])cc2Cl)OC(=O)c2cccc(CN(C(=O)O[C@H]3CN4CCC3CC4)c3ccc(F)cc3F)c2)cc1OC. The van der Waals surface area contributed by atoms with Gasteiger partial charge in [0.15, 0.2) is 23.9 Å². The lowest BCUT2D eigenvalue weighted by atomic mass is 9.86. The number of carbonyl (C=O) groups is 2. The van der Waals surface area contributed by atoms with Gasteiger partial charge < -0.3 is 24.2 Å². The number of pyridine rings is 1. The highest BCUT2D eigenvalue weighted by Gasteiger charge is 2.38. The van der Waals surface area contributed by atoms with Gasteiger partial charge in [-0.3, -0.25) is 9.80 Å². The Bertz CT molecular complexity index is 1900. The predicted octanol–water partition coefficient (Wildman–Crippen LogP) is 7.30. The van der Waals surface area contributed by atoms with E-state index in [1.54, 1.807) is 30.3 Å². The number of ether oxygens (including phenoxy) is 4. The van der Waals surface area contributed by atoms with Gasteiger partial charge in [-0.05, 0) is 79.4 Å². The first-order valence-corrected chi connectivity index (χ1v) is 17.0. The number of fused-ring (bicyclic) bond motifs is 3. The van der Waals surface area contributed by atoms with Crippen LogP contribution in [0.4, 0.5) is 19.3 Å². The maximum absolute atomic E-state index is 15.1. The normalized spacial score (nSPS) is 18.5. The maximum Gasteiger partial charge on any atom is 0.415 e. The number of hydrogen-bond acceptors (Lipinski definition) is 8. The average Bonchev–Trinajstić information content (AvgIpc) is 3.12. The first kappa shape index (κ1) is 36.2. The Morgan fingerprint density at radius 3 is 2.35 bits per heavy atom. The quantitative estimate of drug-likeness (QED) is 0.0897. The number of rotatable bonds is 11. The molecule has 51 heavy (non-hydrogen) atoms. The van der Waals surface area contributed by atoms with Gasteiger partial charge in [-0.1, -0.05) is 41.4 Å². The number of halogens is 4. The zero-order chi connectivity index (χ0) is 36.2. The zero-order valence-electron chi connectivity index (χ0n) is 27.8. The molecule has 3 saturated heterocycles. The van der Waals surface area contributed by atoms with Crippen LogP contribution in [0.3, 0.4) is 0 Å². The Hall–Kier alpha value is -4.65. The molecule has 7 rings (SSSR count). The van der Waals surface area contributed by atoms with E-state index in [9.17, 15) is 19.2 Å². The van der Waals surface area contributed by atoms with E-state index in [1.165, 1.54) is 32.4 Å². The Balaban J connectivity index is 1.27. The number of esters is 1. The molecule has 0 N–H and O–H groups in total. The summed E-state index contributed by atoms with van der Waals surface area (Å²) in [5.74, 6) is -1.41. The van der Waals surface area contributed by atoms with E-state index in [-0.39, 0.29) is 46.3 Å². The summed E-state index contributed by atoms with van der Waals surface area (Å²) >= 11 is 12.8. The van der Waals surface area contributed by atoms with Crippen LogP contribution in [-0.2, 0) is 22.4 Å². The van der Waals surface area contributed by atoms with E-state index in [4.69, 9.17) is 42.1 Å². The third-order valence-electron chi connectivity index (χ3n) is 9.25. The number of anilines is 1. The number of methoxy groups -OCH3 is 2. The standard InChI is InChI=1S/C37H35Cl2F2N3O7/c1-48-32-9-6-24(15-34(32)49-2)33(17-27-28(38)19-43(47)20-29(27)39)50-36(45)25-5-3-4-22(14-25)18-44(31-8-7-26(40)16-30(31)41)37(46)51-35-21-42-12-10-23(35)11-13-42/h3-9,14-16,19-20,23,33,35H,10-13,17-18,21H2,1-2H3/t33-,35-/m0/s1. The molecule has 3 aliphatic heterocycles. The summed E-state index contributed by atoms with van der Waals surface area (Å²) in [5.41, 5.74) is 1.32. The fraction of sp³-hybridized carbons (Fsp3) is 0.324. The number of aromatic nitrogens is 1. The molecule has 0 unspecified atom stereocenters. The Morgan fingerprint density at radius 1 is 0.980 bits per heavy atom. The fourth-order valence-corrected chi connectivity index (χ4v) is 7.15. The van der Waals surface area contributed by atoms with Crippen molar-refractivity contribution in [3.63, 3.8) is 0 Å². The number of carbonyl (C=O) groups excluding carboxylic acids is 2. The van der Waals surface area contributed by atoms with Gasteiger partial charge in [-0.25, -0.2) is 18.4 Å². The zero-order valence-corrected chi connectivity index (χ0v) is 29.3. The first-order chi connectivity index (χ1) is 24.5. The summed E-state index contributed by atoms with van der Waals surface area (Å²) in [6, 6.07) is 14.3. The molecular weight excluding hydrogens is 707 g/mol. The van der Waals surface area contributed by atoms with Crippen molar-refractivity contribution in [3.8, 4) is 11.5 Å². The molecule has 3 fully saturated rings. The molecule has 3 aromatic carbocycles. The van der Waals surface area contributed by atoms with Crippen LogP contribution in [0, 0.1) is 22.8 Å². The van der Waals surface area contributed by atoms with Crippen LogP contribution in [0.25, 0.3) is 0 Å². The highest BCUT2D eigenvalue weighted by atomic mass is 35.5. The predicted molar refractivity (Wildman–Crippen MR) is 185 cm³/mol. The van der Waals surface area contributed by atoms with Crippen molar-refractivity contribution in [2.45, 2.75) is 38.0 Å². The van der Waals surface area contributed by atoms with Crippen molar-refractivity contribution >= 4 is 41.0 Å². The number of hydrogen-bond donors (Lipinski definition) is 0. The monoisotopic (exact) mass is 741 g/mol. The van der Waals surface area contributed by atoms with E-state index >= 15 is 4.39 Å². The molecule has 10 nitrogen and oxygen atoms in total. The third kappa shape index (κ3) is 8.30. The first-order valence-electron chi connectivity index (χ1n) is 16.3. The van der Waals surface area contributed by atoms with Crippen molar-refractivity contribution in [2.75, 3.05) is 38.8 Å². The molecule has 2 bridgehead atoms. The molecule has 0 aliphatic carbocycles. The molecular formula is C37H35Cl2F2N3O7. The second-order valence-electron chi connectivity index (χ2n) is 12.4. The molecule has 0 spiro atoms. The minimum atomic E-state index is -0.959. The van der Waals surface area contributed by atoms with Gasteiger partial charge in [0.2, 0.25) is 0 Å². The van der Waals surface area contributed by atoms with Crippen molar-refractivity contribution < 1.29 is 42.0 Å². The van der Waals surface area contributed by atoms with Crippen molar-refractivity contribution in [3.05, 3.63) is 122 Å². The lowest BCUT2D eigenvalue weighted by molar-refractivity contribution is -0.605. The summed E-state index contributed by atoms with van der Waals surface area (Å²) in [4.78, 5) is 30.8. The lowest BCUT2D eigenvalue weighted by Gasteiger charge is -2.44. The summed E-state index contributed by atoms with van der Waals surface area (Å²) in [6.45, 7) is 2.29. The topological polar surface area (TPSA) is 104 Å². The van der Waals surface area contributed by atoms with Crippen molar-refractivity contribution in [1.82, 2.24) is 4.90 Å². The molecule has 14 heteroatoms. The summed E-state index contributed by atoms with van der Waals surface area (Å²) < 4.78 is 52.3. The number of benzene rings is 3. The highest BCUT2D eigenvalue weighted by Crippen LogP contribution is 2.36. The van der Waals surface area contributed by atoms with Crippen LogP contribution in [0.2, 0.25) is 10.0 Å². The van der Waals surface area contributed by atoms with E-state index in [0.29, 0.717) is 45.5 Å². The Kier molecular flexibility index (Phi) is 11.1. The molecule has 4 aromatic rings. The number of nitrogens with zero attached hydrogens (tertiary/aromatic N) is 3. The number of amides is 1. The van der Waals surface area contributed by atoms with Crippen LogP contribution in [-0.4, -0.2) is 56.9 Å². The van der Waals surface area contributed by atoms with Crippen LogP contribution in [0.5, 0.6) is 11.5 Å². The van der Waals surface area contributed by atoms with Crippen molar-refractivity contribution in [2.24, 2.45) is 5.92 Å². The van der Waals surface area contributed by atoms with Gasteiger partial charge >= 0.3 is 12.1 Å². The van der Waals surface area contributed by atoms with Crippen LogP contribution in [0.15, 0.2) is 73.1 Å². The molecule has 0 saturated carbocycles. The lowest BCUT2D eigenvalue weighted by Crippen LogP contribution is -2.53. The van der Waals surface area contributed by atoms with E-state index in [2.05, 4.69) is 4.90 Å². The van der Waals surface area contributed by atoms with Crippen LogP contribution in [0.1, 0.15) is 46.0 Å². The third-order valence-corrected chi connectivity index (χ3v) is 9.90. The van der Waals surface area contributed by atoms with Gasteiger partial charge in [-0.2, -0.15) is 4.73 Å². The Morgan fingerprint density at radius 2 is 1.71 bits per heavy atom. The molecule has 2 atom stereocenters. The summed E-state index contributed by atoms with van der Waals surface area (Å²) in [5, 5.41) is 12.1. The summed E-state index contributed by atoms with van der Waals surface area (Å²) in [7, 11) is 2.97. The average molecular weight is 743 g/mol. The second kappa shape index (κ2) is 15.7. The smallest absolute Gasteiger partial charge is 0.415 e.